The van der Waals surface area contributed by atoms with E-state index in [2.05, 4.69) is 45.6 Å². The molecule has 1 N–H and O–H groups in total. The molecular formula is C24H26FN5O2S. The standard InChI is InChI=1S/C24H26FN5O2S/c1-13(16-10-23(2)7-8-24(3,11-23)18(16)25)20-29-30-21(33-20)15-6-5-14(9-17(15)31)19-26-12-27-22(28-19)32-4/h5-6,9,12,16,18,31H,1,7-8,10-11H2,2-4H3/t16-,18+,23+,24+/m1/s1. The molecule has 2 aliphatic rings. The highest BCUT2D eigenvalue weighted by Gasteiger charge is 2.56. The van der Waals surface area contributed by atoms with Gasteiger partial charge in [0, 0.05) is 11.5 Å². The van der Waals surface area contributed by atoms with Crippen LogP contribution in [0.15, 0.2) is 31.1 Å². The highest BCUT2D eigenvalue weighted by atomic mass is 32.1. The number of phenols is 1. The summed E-state index contributed by atoms with van der Waals surface area (Å²) in [4.78, 5) is 12.2. The van der Waals surface area contributed by atoms with Crippen molar-refractivity contribution in [2.24, 2.45) is 16.7 Å². The molecule has 172 valence electrons. The summed E-state index contributed by atoms with van der Waals surface area (Å²) in [5.74, 6) is 0.157. The molecule has 2 bridgehead atoms. The highest BCUT2D eigenvalue weighted by Crippen LogP contribution is 2.62. The molecular weight excluding hydrogens is 441 g/mol. The van der Waals surface area contributed by atoms with Gasteiger partial charge < -0.3 is 9.84 Å². The third-order valence-electron chi connectivity index (χ3n) is 7.23. The number of methoxy groups -OCH3 is 1. The Balaban J connectivity index is 1.40. The number of phenolic OH excluding ortho intramolecular Hbond substituents is 1. The van der Waals surface area contributed by atoms with Gasteiger partial charge in [0.15, 0.2) is 10.8 Å². The first-order valence-corrected chi connectivity index (χ1v) is 11.8. The fourth-order valence-electron chi connectivity index (χ4n) is 5.56. The fourth-order valence-corrected chi connectivity index (χ4v) is 6.47. The number of hydrogen-bond donors (Lipinski definition) is 1. The zero-order chi connectivity index (χ0) is 23.4. The van der Waals surface area contributed by atoms with E-state index in [1.165, 1.54) is 24.8 Å². The minimum Gasteiger partial charge on any atom is -0.507 e. The summed E-state index contributed by atoms with van der Waals surface area (Å²) in [5, 5.41) is 20.4. The lowest BCUT2D eigenvalue weighted by molar-refractivity contribution is 0.0290. The Kier molecular flexibility index (Phi) is 5.19. The monoisotopic (exact) mass is 467 g/mol. The molecule has 2 heterocycles. The first kappa shape index (κ1) is 21.9. The maximum Gasteiger partial charge on any atom is 0.319 e. The second-order valence-corrected chi connectivity index (χ2v) is 10.8. The van der Waals surface area contributed by atoms with Crippen molar-refractivity contribution in [1.82, 2.24) is 25.1 Å². The van der Waals surface area contributed by atoms with Gasteiger partial charge in [0.1, 0.15) is 23.3 Å². The van der Waals surface area contributed by atoms with Crippen molar-refractivity contribution in [2.45, 2.75) is 45.7 Å². The van der Waals surface area contributed by atoms with Gasteiger partial charge in [-0.3, -0.25) is 0 Å². The average Bonchev–Trinajstić information content (AvgIpc) is 3.40. The molecule has 2 fully saturated rings. The number of rotatable bonds is 5. The largest absolute Gasteiger partial charge is 0.507 e. The molecule has 33 heavy (non-hydrogen) atoms. The van der Waals surface area contributed by atoms with E-state index in [-0.39, 0.29) is 28.5 Å². The molecule has 2 saturated carbocycles. The number of benzene rings is 1. The number of halogens is 1. The Hall–Kier alpha value is -2.94. The molecule has 4 atom stereocenters. The van der Waals surface area contributed by atoms with Crippen LogP contribution in [0.2, 0.25) is 0 Å². The molecule has 0 saturated heterocycles. The van der Waals surface area contributed by atoms with E-state index in [9.17, 15) is 5.11 Å². The number of aromatic nitrogens is 5. The summed E-state index contributed by atoms with van der Waals surface area (Å²) in [6, 6.07) is 5.30. The molecule has 0 spiro atoms. The van der Waals surface area contributed by atoms with E-state index < -0.39 is 6.17 Å². The van der Waals surface area contributed by atoms with Gasteiger partial charge in [-0.1, -0.05) is 37.8 Å². The van der Waals surface area contributed by atoms with Crippen LogP contribution in [0.25, 0.3) is 27.5 Å². The van der Waals surface area contributed by atoms with E-state index >= 15 is 4.39 Å². The molecule has 0 amide bonds. The normalized spacial score (nSPS) is 28.6. The molecule has 1 aromatic carbocycles. The number of ether oxygens (including phenoxy) is 1. The number of hydrogen-bond acceptors (Lipinski definition) is 8. The second-order valence-electron chi connectivity index (χ2n) is 9.82. The van der Waals surface area contributed by atoms with Gasteiger partial charge in [-0.2, -0.15) is 9.97 Å². The Labute approximate surface area is 195 Å². The number of fused-ring (bicyclic) bond motifs is 2. The van der Waals surface area contributed by atoms with Crippen molar-refractivity contribution >= 4 is 16.9 Å². The van der Waals surface area contributed by atoms with Gasteiger partial charge in [0.05, 0.1) is 12.7 Å². The van der Waals surface area contributed by atoms with Crippen LogP contribution in [0, 0.1) is 16.7 Å². The Morgan fingerprint density at radius 3 is 2.82 bits per heavy atom. The van der Waals surface area contributed by atoms with Crippen LogP contribution in [-0.2, 0) is 0 Å². The van der Waals surface area contributed by atoms with Gasteiger partial charge in [-0.15, -0.1) is 10.2 Å². The summed E-state index contributed by atoms with van der Waals surface area (Å²) < 4.78 is 20.5. The average molecular weight is 468 g/mol. The van der Waals surface area contributed by atoms with Gasteiger partial charge in [0.2, 0.25) is 0 Å². The van der Waals surface area contributed by atoms with Crippen LogP contribution < -0.4 is 4.74 Å². The maximum absolute atomic E-state index is 15.5. The van der Waals surface area contributed by atoms with Gasteiger partial charge >= 0.3 is 6.01 Å². The molecule has 2 aromatic heterocycles. The quantitative estimate of drug-likeness (QED) is 0.541. The van der Waals surface area contributed by atoms with Crippen LogP contribution >= 0.6 is 11.3 Å². The SMILES string of the molecule is C=C(c1nnc(-c2ccc(-c3ncnc(OC)n3)cc2O)s1)[C@H]1C[C@]2(C)CC[C@@](C)(C2)[C@H]1F. The summed E-state index contributed by atoms with van der Waals surface area (Å²) in [6.07, 6.45) is 4.11. The second kappa shape index (κ2) is 7.83. The smallest absolute Gasteiger partial charge is 0.319 e. The lowest BCUT2D eigenvalue weighted by Gasteiger charge is -2.43. The van der Waals surface area contributed by atoms with Crippen molar-refractivity contribution < 1.29 is 14.2 Å². The third-order valence-corrected chi connectivity index (χ3v) is 8.26. The van der Waals surface area contributed by atoms with Crippen molar-refractivity contribution in [3.8, 4) is 33.7 Å². The van der Waals surface area contributed by atoms with E-state index in [1.807, 2.05) is 0 Å². The van der Waals surface area contributed by atoms with Crippen LogP contribution in [0.5, 0.6) is 11.8 Å². The predicted octanol–water partition coefficient (Wildman–Crippen LogP) is 5.34. The third kappa shape index (κ3) is 3.78. The first-order valence-electron chi connectivity index (χ1n) is 10.9. The van der Waals surface area contributed by atoms with Crippen LogP contribution in [0.3, 0.4) is 0 Å². The zero-order valence-electron chi connectivity index (χ0n) is 18.9. The van der Waals surface area contributed by atoms with Crippen molar-refractivity contribution in [3.05, 3.63) is 36.1 Å². The summed E-state index contributed by atoms with van der Waals surface area (Å²) in [7, 11) is 1.48. The molecule has 2 aliphatic carbocycles. The predicted molar refractivity (Wildman–Crippen MR) is 124 cm³/mol. The number of alkyl halides is 1. The number of nitrogens with zero attached hydrogens (tertiary/aromatic N) is 5. The minimum absolute atomic E-state index is 0.0271. The molecule has 0 unspecified atom stereocenters. The van der Waals surface area contributed by atoms with E-state index in [0.717, 1.165) is 25.7 Å². The van der Waals surface area contributed by atoms with Crippen molar-refractivity contribution in [2.75, 3.05) is 7.11 Å². The van der Waals surface area contributed by atoms with Crippen molar-refractivity contribution in [3.63, 3.8) is 0 Å². The number of allylic oxidation sites excluding steroid dienone is 1. The molecule has 0 aliphatic heterocycles. The summed E-state index contributed by atoms with van der Waals surface area (Å²) in [5.41, 5.74) is 1.73. The van der Waals surface area contributed by atoms with E-state index in [0.29, 0.717) is 32.5 Å². The zero-order valence-corrected chi connectivity index (χ0v) is 19.7. The van der Waals surface area contributed by atoms with E-state index in [4.69, 9.17) is 4.74 Å². The Bertz CT molecular complexity index is 1230. The highest BCUT2D eigenvalue weighted by molar-refractivity contribution is 7.15. The van der Waals surface area contributed by atoms with Gasteiger partial charge in [-0.05, 0) is 54.2 Å². The molecule has 3 aromatic rings. The molecule has 7 nitrogen and oxygen atoms in total. The minimum atomic E-state index is -0.932. The first-order chi connectivity index (χ1) is 15.7. The van der Waals surface area contributed by atoms with Gasteiger partial charge in [0.25, 0.3) is 0 Å². The van der Waals surface area contributed by atoms with Crippen molar-refractivity contribution in [1.29, 1.82) is 0 Å². The summed E-state index contributed by atoms with van der Waals surface area (Å²) in [6.45, 7) is 8.56. The van der Waals surface area contributed by atoms with Gasteiger partial charge in [-0.25, -0.2) is 9.37 Å². The molecule has 0 radical (unpaired) electrons. The Morgan fingerprint density at radius 2 is 2.06 bits per heavy atom. The Morgan fingerprint density at radius 1 is 1.24 bits per heavy atom. The molecule has 9 heteroatoms. The van der Waals surface area contributed by atoms with Crippen LogP contribution in [0.4, 0.5) is 4.39 Å². The summed E-state index contributed by atoms with van der Waals surface area (Å²) >= 11 is 1.32. The van der Waals surface area contributed by atoms with E-state index in [1.54, 1.807) is 18.2 Å². The van der Waals surface area contributed by atoms with Crippen LogP contribution in [-0.4, -0.2) is 43.5 Å². The van der Waals surface area contributed by atoms with Crippen LogP contribution in [0.1, 0.15) is 44.5 Å². The number of aromatic hydroxyl groups is 1. The molecule has 5 rings (SSSR count). The lowest BCUT2D eigenvalue weighted by Crippen LogP contribution is -2.40. The lowest BCUT2D eigenvalue weighted by atomic mass is 9.63. The topological polar surface area (TPSA) is 93.9 Å². The fraction of sp³-hybridized carbons (Fsp3) is 0.458. The maximum atomic E-state index is 15.5.